The highest BCUT2D eigenvalue weighted by atomic mass is 35.5. The van der Waals surface area contributed by atoms with Crippen LogP contribution in [0.4, 0.5) is 18.9 Å². The molecule has 1 atom stereocenters. The Hall–Kier alpha value is -4.18. The Kier molecular flexibility index (Phi) is 6.79. The minimum atomic E-state index is -4.71. The van der Waals surface area contributed by atoms with Crippen LogP contribution in [0, 0.1) is 0 Å². The molecule has 1 amide bonds. The van der Waals surface area contributed by atoms with E-state index in [0.717, 1.165) is 23.1 Å². The molecule has 1 fully saturated rings. The smallest absolute Gasteiger partial charge is 0.416 e. The molecule has 3 aromatic carbocycles. The van der Waals surface area contributed by atoms with E-state index in [1.165, 1.54) is 56.7 Å². The van der Waals surface area contributed by atoms with Gasteiger partial charge in [0, 0.05) is 11.8 Å². The average molecular weight is 534 g/mol. The van der Waals surface area contributed by atoms with Crippen LogP contribution in [0.25, 0.3) is 5.76 Å². The second-order valence-corrected chi connectivity index (χ2v) is 8.41. The van der Waals surface area contributed by atoms with Gasteiger partial charge in [-0.15, -0.1) is 0 Å². The van der Waals surface area contributed by atoms with Gasteiger partial charge in [0.25, 0.3) is 11.7 Å². The summed E-state index contributed by atoms with van der Waals surface area (Å²) >= 11 is 6.22. The summed E-state index contributed by atoms with van der Waals surface area (Å²) in [4.78, 5) is 27.3. The molecule has 3 aromatic rings. The largest absolute Gasteiger partial charge is 0.508 e. The van der Waals surface area contributed by atoms with Crippen LogP contribution in [0.15, 0.2) is 66.2 Å². The Morgan fingerprint density at radius 3 is 2.27 bits per heavy atom. The van der Waals surface area contributed by atoms with Crippen LogP contribution in [-0.2, 0) is 15.8 Å². The molecule has 0 saturated carbocycles. The Bertz CT molecular complexity index is 1440. The van der Waals surface area contributed by atoms with Gasteiger partial charge in [0.15, 0.2) is 0 Å². The molecular formula is C26H19ClF3NO6. The van der Waals surface area contributed by atoms with Crippen molar-refractivity contribution in [3.8, 4) is 17.2 Å². The maximum Gasteiger partial charge on any atom is 0.416 e. The first kappa shape index (κ1) is 25.9. The number of hydrogen-bond acceptors (Lipinski definition) is 6. The van der Waals surface area contributed by atoms with E-state index in [-0.39, 0.29) is 39.1 Å². The zero-order valence-corrected chi connectivity index (χ0v) is 20.1. The standard InChI is InChI=1S/C26H19ClF3NO6/c1-36-19-12-20(37-2)18(27)11-17(19)23(33)21-22(13-5-3-8-16(32)9-13)31(25(35)24(21)34)15-7-4-6-14(10-15)26(28,29)30/h3-12,22,32-33H,1-2H3/b23-21+. The van der Waals surface area contributed by atoms with Crippen molar-refractivity contribution in [2.75, 3.05) is 19.1 Å². The highest BCUT2D eigenvalue weighted by Gasteiger charge is 2.48. The molecule has 1 heterocycles. The first-order valence-corrected chi connectivity index (χ1v) is 11.0. The number of halogens is 4. The SMILES string of the molecule is COc1cc(OC)c(/C(O)=C2\C(=O)C(=O)N(c3cccc(C(F)(F)F)c3)C2c2cccc(O)c2)cc1Cl. The van der Waals surface area contributed by atoms with E-state index >= 15 is 0 Å². The quantitative estimate of drug-likeness (QED) is 0.248. The molecule has 1 aliphatic heterocycles. The number of rotatable bonds is 5. The summed E-state index contributed by atoms with van der Waals surface area (Å²) < 4.78 is 50.7. The molecule has 1 aliphatic rings. The number of phenolic OH excluding ortho intramolecular Hbond substituents is 1. The number of carbonyl (C=O) groups excluding carboxylic acids is 2. The van der Waals surface area contributed by atoms with Crippen LogP contribution in [0.2, 0.25) is 5.02 Å². The number of Topliss-reactive ketones (excluding diaryl/α,β-unsaturated/α-hetero) is 1. The number of ketones is 1. The van der Waals surface area contributed by atoms with Crippen molar-refractivity contribution in [1.82, 2.24) is 0 Å². The second kappa shape index (κ2) is 9.70. The van der Waals surface area contributed by atoms with E-state index in [9.17, 15) is 33.0 Å². The molecule has 37 heavy (non-hydrogen) atoms. The maximum atomic E-state index is 13.4. The Balaban J connectivity index is 2.00. The first-order valence-electron chi connectivity index (χ1n) is 10.7. The monoisotopic (exact) mass is 533 g/mol. The number of ether oxygens (including phenoxy) is 2. The molecule has 2 N–H and O–H groups in total. The summed E-state index contributed by atoms with van der Waals surface area (Å²) in [5, 5.41) is 21.4. The summed E-state index contributed by atoms with van der Waals surface area (Å²) in [5.41, 5.74) is -1.60. The fraction of sp³-hybridized carbons (Fsp3) is 0.154. The van der Waals surface area contributed by atoms with Crippen molar-refractivity contribution in [3.63, 3.8) is 0 Å². The van der Waals surface area contributed by atoms with Crippen LogP contribution < -0.4 is 14.4 Å². The lowest BCUT2D eigenvalue weighted by atomic mass is 9.94. The van der Waals surface area contributed by atoms with E-state index in [1.54, 1.807) is 0 Å². The van der Waals surface area contributed by atoms with Crippen LogP contribution in [-0.4, -0.2) is 36.1 Å². The zero-order valence-electron chi connectivity index (χ0n) is 19.3. The lowest BCUT2D eigenvalue weighted by Gasteiger charge is -2.26. The van der Waals surface area contributed by atoms with Crippen molar-refractivity contribution in [3.05, 3.63) is 87.9 Å². The molecule has 0 bridgehead atoms. The molecule has 7 nitrogen and oxygen atoms in total. The van der Waals surface area contributed by atoms with E-state index < -0.39 is 40.8 Å². The van der Waals surface area contributed by atoms with E-state index in [0.29, 0.717) is 0 Å². The summed E-state index contributed by atoms with van der Waals surface area (Å²) in [6.45, 7) is 0. The van der Waals surface area contributed by atoms with E-state index in [4.69, 9.17) is 21.1 Å². The number of alkyl halides is 3. The average Bonchev–Trinajstić information content (AvgIpc) is 3.13. The third kappa shape index (κ3) is 4.67. The molecule has 1 unspecified atom stereocenters. The number of anilines is 1. The van der Waals surface area contributed by atoms with Crippen LogP contribution in [0.3, 0.4) is 0 Å². The van der Waals surface area contributed by atoms with Crippen molar-refractivity contribution in [1.29, 1.82) is 0 Å². The lowest BCUT2D eigenvalue weighted by molar-refractivity contribution is -0.137. The third-order valence-electron chi connectivity index (χ3n) is 5.81. The van der Waals surface area contributed by atoms with Crippen molar-refractivity contribution >= 4 is 34.7 Å². The van der Waals surface area contributed by atoms with Crippen LogP contribution >= 0.6 is 11.6 Å². The third-order valence-corrected chi connectivity index (χ3v) is 6.11. The van der Waals surface area contributed by atoms with Crippen LogP contribution in [0.1, 0.15) is 22.7 Å². The number of aliphatic hydroxyl groups excluding tert-OH is 1. The van der Waals surface area contributed by atoms with Crippen LogP contribution in [0.5, 0.6) is 17.2 Å². The number of benzene rings is 3. The van der Waals surface area contributed by atoms with Gasteiger partial charge in [-0.2, -0.15) is 13.2 Å². The van der Waals surface area contributed by atoms with Gasteiger partial charge >= 0.3 is 6.18 Å². The highest BCUT2D eigenvalue weighted by molar-refractivity contribution is 6.51. The number of aliphatic hydroxyl groups is 1. The van der Waals surface area contributed by atoms with Crippen molar-refractivity contribution < 1.29 is 42.4 Å². The molecule has 0 aliphatic carbocycles. The number of amides is 1. The van der Waals surface area contributed by atoms with Gasteiger partial charge in [-0.3, -0.25) is 14.5 Å². The molecule has 0 spiro atoms. The number of nitrogens with zero attached hydrogens (tertiary/aromatic N) is 1. The summed E-state index contributed by atoms with van der Waals surface area (Å²) in [6, 6.07) is 10.6. The number of phenols is 1. The minimum absolute atomic E-state index is 0.0543. The Morgan fingerprint density at radius 1 is 0.973 bits per heavy atom. The number of hydrogen-bond donors (Lipinski definition) is 2. The van der Waals surface area contributed by atoms with Gasteiger partial charge in [-0.25, -0.2) is 0 Å². The van der Waals surface area contributed by atoms with E-state index in [1.807, 2.05) is 0 Å². The van der Waals surface area contributed by atoms with Gasteiger partial charge in [-0.1, -0.05) is 29.8 Å². The predicted octanol–water partition coefficient (Wildman–Crippen LogP) is 5.71. The molecule has 0 radical (unpaired) electrons. The van der Waals surface area contributed by atoms with E-state index in [2.05, 4.69) is 0 Å². The summed E-state index contributed by atoms with van der Waals surface area (Å²) in [6.07, 6.45) is -4.71. The number of methoxy groups -OCH3 is 2. The zero-order chi connectivity index (χ0) is 27.1. The van der Waals surface area contributed by atoms with Gasteiger partial charge in [0.2, 0.25) is 0 Å². The minimum Gasteiger partial charge on any atom is -0.508 e. The van der Waals surface area contributed by atoms with Gasteiger partial charge in [0.05, 0.1) is 42.0 Å². The fourth-order valence-electron chi connectivity index (χ4n) is 4.13. The number of carbonyl (C=O) groups is 2. The second-order valence-electron chi connectivity index (χ2n) is 8.00. The molecule has 1 saturated heterocycles. The highest BCUT2D eigenvalue weighted by Crippen LogP contribution is 2.46. The fourth-order valence-corrected chi connectivity index (χ4v) is 4.37. The summed E-state index contributed by atoms with van der Waals surface area (Å²) in [7, 11) is 2.66. The van der Waals surface area contributed by atoms with Crippen molar-refractivity contribution in [2.45, 2.75) is 12.2 Å². The van der Waals surface area contributed by atoms with Gasteiger partial charge in [-0.05, 0) is 42.0 Å². The lowest BCUT2D eigenvalue weighted by Crippen LogP contribution is -2.29. The molecule has 192 valence electrons. The normalized spacial score (nSPS) is 17.2. The molecule has 4 rings (SSSR count). The van der Waals surface area contributed by atoms with Gasteiger partial charge < -0.3 is 19.7 Å². The topological polar surface area (TPSA) is 96.3 Å². The number of aromatic hydroxyl groups is 1. The maximum absolute atomic E-state index is 13.4. The molecule has 0 aromatic heterocycles. The van der Waals surface area contributed by atoms with Gasteiger partial charge in [0.1, 0.15) is 23.0 Å². The first-order chi connectivity index (χ1) is 17.5. The molecular weight excluding hydrogens is 515 g/mol. The van der Waals surface area contributed by atoms with Crippen molar-refractivity contribution in [2.24, 2.45) is 0 Å². The predicted molar refractivity (Wildman–Crippen MR) is 129 cm³/mol. The molecule has 11 heteroatoms. The Labute approximate surface area is 213 Å². The summed E-state index contributed by atoms with van der Waals surface area (Å²) in [5.74, 6) is -2.97. The Morgan fingerprint density at radius 2 is 1.65 bits per heavy atom.